The molecule has 0 spiro atoms. The number of carbonyl (C=O) groups excluding carboxylic acids is 7. The molecule has 11 N–H and O–H groups in total. The molecule has 3 rings (SSSR count). The molecule has 0 bridgehead atoms. The molecule has 0 aliphatic carbocycles. The van der Waals surface area contributed by atoms with E-state index < -0.39 is 95.3 Å². The van der Waals surface area contributed by atoms with Crippen molar-refractivity contribution in [2.45, 2.75) is 75.5 Å². The zero-order valence-electron chi connectivity index (χ0n) is 30.0. The Morgan fingerprint density at radius 1 is 0.943 bits per heavy atom. The fourth-order valence-corrected chi connectivity index (χ4v) is 8.00. The number of benzene rings is 2. The van der Waals surface area contributed by atoms with Gasteiger partial charge in [-0.05, 0) is 49.4 Å². The van der Waals surface area contributed by atoms with Crippen molar-refractivity contribution in [3.63, 3.8) is 0 Å². The quantitative estimate of drug-likeness (QED) is 0.118. The fourth-order valence-electron chi connectivity index (χ4n) is 5.19. The fraction of sp³-hybridized carbons (Fsp3) is 0.457. The lowest BCUT2D eigenvalue weighted by Gasteiger charge is -2.34. The topological polar surface area (TPSA) is 264 Å². The van der Waals surface area contributed by atoms with Crippen molar-refractivity contribution in [2.24, 2.45) is 17.4 Å². The number of phenolic OH excluding ortho intramolecular Hbond substituents is 1. The van der Waals surface area contributed by atoms with Gasteiger partial charge in [0.1, 0.15) is 29.9 Å². The predicted octanol–water partition coefficient (Wildman–Crippen LogP) is -1.01. The molecule has 53 heavy (non-hydrogen) atoms. The Labute approximate surface area is 315 Å². The number of rotatable bonds is 12. The van der Waals surface area contributed by atoms with Crippen molar-refractivity contribution in [3.05, 3.63) is 65.7 Å². The van der Waals surface area contributed by atoms with Crippen molar-refractivity contribution in [1.82, 2.24) is 31.9 Å². The van der Waals surface area contributed by atoms with Crippen LogP contribution in [0, 0.1) is 5.92 Å². The van der Waals surface area contributed by atoms with Gasteiger partial charge in [-0.1, -0.05) is 77.9 Å². The molecule has 5 atom stereocenters. The number of amides is 7. The van der Waals surface area contributed by atoms with Gasteiger partial charge in [0.05, 0.1) is 19.1 Å². The molecular weight excluding hydrogens is 725 g/mol. The van der Waals surface area contributed by atoms with Crippen LogP contribution < -0.4 is 43.4 Å². The molecule has 2 aromatic rings. The summed E-state index contributed by atoms with van der Waals surface area (Å²) < 4.78 is -1.07. The molecule has 1 aliphatic rings. The molecule has 0 unspecified atom stereocenters. The molecule has 288 valence electrons. The summed E-state index contributed by atoms with van der Waals surface area (Å²) in [6.07, 6.45) is 0.166. The minimum Gasteiger partial charge on any atom is -0.508 e. The van der Waals surface area contributed by atoms with E-state index in [4.69, 9.17) is 11.5 Å². The van der Waals surface area contributed by atoms with E-state index >= 15 is 0 Å². The summed E-state index contributed by atoms with van der Waals surface area (Å²) in [5.74, 6) is -5.25. The van der Waals surface area contributed by atoms with Crippen LogP contribution in [-0.4, -0.2) is 100 Å². The third kappa shape index (κ3) is 13.6. The third-order valence-corrected chi connectivity index (χ3v) is 11.5. The Hall–Kier alpha value is -4.81. The molecule has 1 saturated heterocycles. The average Bonchev–Trinajstić information content (AvgIpc) is 3.10. The number of phenols is 1. The molecule has 16 nitrogen and oxygen atoms in total. The first-order valence-electron chi connectivity index (χ1n) is 16.9. The first-order valence-corrected chi connectivity index (χ1v) is 19.2. The van der Waals surface area contributed by atoms with Crippen molar-refractivity contribution >= 4 is 62.9 Å². The summed E-state index contributed by atoms with van der Waals surface area (Å²) >= 11 is 0. The van der Waals surface area contributed by atoms with Crippen LogP contribution in [0.25, 0.3) is 0 Å². The van der Waals surface area contributed by atoms with Crippen molar-refractivity contribution < 1.29 is 38.7 Å². The molecule has 0 radical (unpaired) electrons. The number of carbonyl (C=O) groups is 7. The molecule has 1 heterocycles. The van der Waals surface area contributed by atoms with E-state index in [1.165, 1.54) is 12.1 Å². The summed E-state index contributed by atoms with van der Waals surface area (Å²) in [5.41, 5.74) is 12.8. The van der Waals surface area contributed by atoms with Gasteiger partial charge in [0.25, 0.3) is 0 Å². The summed E-state index contributed by atoms with van der Waals surface area (Å²) in [5, 5.41) is 25.3. The lowest BCUT2D eigenvalue weighted by molar-refractivity contribution is -0.134. The molecular formula is C35H48N8O8S2. The highest BCUT2D eigenvalue weighted by molar-refractivity contribution is 8.77. The largest absolute Gasteiger partial charge is 0.508 e. The van der Waals surface area contributed by atoms with Crippen LogP contribution in [0.15, 0.2) is 54.6 Å². The Morgan fingerprint density at radius 2 is 1.60 bits per heavy atom. The van der Waals surface area contributed by atoms with Crippen molar-refractivity contribution in [1.29, 1.82) is 0 Å². The highest BCUT2D eigenvalue weighted by Crippen LogP contribution is 2.39. The zero-order chi connectivity index (χ0) is 39.3. The molecule has 1 aliphatic heterocycles. The molecule has 1 fully saturated rings. The van der Waals surface area contributed by atoms with Gasteiger partial charge in [-0.25, -0.2) is 0 Å². The first-order chi connectivity index (χ1) is 25.0. The van der Waals surface area contributed by atoms with Gasteiger partial charge in [0.2, 0.25) is 41.4 Å². The third-order valence-electron chi connectivity index (χ3n) is 8.16. The van der Waals surface area contributed by atoms with Crippen LogP contribution in [0.2, 0.25) is 0 Å². The van der Waals surface area contributed by atoms with E-state index in [0.717, 1.165) is 21.6 Å². The highest BCUT2D eigenvalue weighted by atomic mass is 33.1. The van der Waals surface area contributed by atoms with E-state index in [1.54, 1.807) is 70.2 Å². The van der Waals surface area contributed by atoms with Crippen LogP contribution in [0.5, 0.6) is 5.75 Å². The number of primary amides is 1. The number of hydrogen-bond acceptors (Lipinski definition) is 11. The second-order valence-corrected chi connectivity index (χ2v) is 16.4. The number of nitrogens with one attached hydrogen (secondary N) is 6. The minimum atomic E-state index is -1.24. The molecule has 7 amide bonds. The van der Waals surface area contributed by atoms with Gasteiger partial charge in [-0.3, -0.25) is 33.6 Å². The van der Waals surface area contributed by atoms with Crippen molar-refractivity contribution in [2.75, 3.05) is 18.8 Å². The summed E-state index contributed by atoms with van der Waals surface area (Å²) in [7, 11) is 2.30. The van der Waals surface area contributed by atoms with E-state index in [1.807, 2.05) is 0 Å². The second kappa shape index (κ2) is 19.9. The Balaban J connectivity index is 1.90. The van der Waals surface area contributed by atoms with E-state index in [9.17, 15) is 38.7 Å². The van der Waals surface area contributed by atoms with Crippen LogP contribution in [0.3, 0.4) is 0 Å². The molecule has 0 saturated carbocycles. The van der Waals surface area contributed by atoms with E-state index in [0.29, 0.717) is 11.1 Å². The molecule has 2 aromatic carbocycles. The smallest absolute Gasteiger partial charge is 0.244 e. The molecule has 0 aromatic heterocycles. The second-order valence-electron chi connectivity index (χ2n) is 13.4. The van der Waals surface area contributed by atoms with E-state index in [2.05, 4.69) is 31.9 Å². The maximum Gasteiger partial charge on any atom is 0.244 e. The highest BCUT2D eigenvalue weighted by Gasteiger charge is 2.40. The van der Waals surface area contributed by atoms with Crippen LogP contribution in [0.1, 0.15) is 38.8 Å². The summed E-state index contributed by atoms with van der Waals surface area (Å²) in [6.45, 7) is 5.79. The van der Waals surface area contributed by atoms with Crippen LogP contribution in [0.4, 0.5) is 0 Å². The lowest BCUT2D eigenvalue weighted by Crippen LogP contribution is -2.61. The minimum absolute atomic E-state index is 0.0529. The monoisotopic (exact) mass is 772 g/mol. The summed E-state index contributed by atoms with van der Waals surface area (Å²) in [4.78, 5) is 91.8. The van der Waals surface area contributed by atoms with Crippen LogP contribution >= 0.6 is 21.6 Å². The maximum absolute atomic E-state index is 13.8. The van der Waals surface area contributed by atoms with Gasteiger partial charge in [-0.2, -0.15) is 0 Å². The normalized spacial score (nSPS) is 20.7. The van der Waals surface area contributed by atoms with Gasteiger partial charge in [0.15, 0.2) is 0 Å². The SMILES string of the molecule is CC(C)[C@H](NC(=O)[C@@H]1CSSC(C)(C)[C@@H](NC(=O)[C@@H](N)Cc2ccc(O)cc2)C(=O)NCC(=O)N[C@@H](Cc2ccccc2)C(=O)N1)C(=O)NCC(N)=O. The molecule has 18 heteroatoms. The summed E-state index contributed by atoms with van der Waals surface area (Å²) in [6, 6.07) is 9.28. The standard InChI is InChI=1S/C35H48N8O8S2/c1-19(2)28(33(50)38-16-26(37)45)42-32(49)25-18-52-53-35(3,4)29(43-30(47)23(36)14-21-10-12-22(44)13-11-21)34(51)39-17-27(46)40-24(31(48)41-25)15-20-8-6-5-7-9-20/h5-13,19,23-25,28-29,44H,14-18,36H2,1-4H3,(H2,37,45)(H,38,50)(H,39,51)(H,40,46)(H,41,48)(H,42,49)(H,43,47)/t23-,24-,25-,28-,29-/m0/s1. The lowest BCUT2D eigenvalue weighted by atomic mass is 10.0. The number of aromatic hydroxyl groups is 1. The number of nitrogens with two attached hydrogens (primary N) is 2. The van der Waals surface area contributed by atoms with E-state index in [-0.39, 0.29) is 24.3 Å². The van der Waals surface area contributed by atoms with Gasteiger partial charge < -0.3 is 48.5 Å². The zero-order valence-corrected chi connectivity index (χ0v) is 31.6. The maximum atomic E-state index is 13.8. The Kier molecular flexibility index (Phi) is 16.0. The Bertz CT molecular complexity index is 1630. The first kappa shape index (κ1) is 42.6. The van der Waals surface area contributed by atoms with Gasteiger partial charge >= 0.3 is 0 Å². The van der Waals surface area contributed by atoms with Gasteiger partial charge in [0, 0.05) is 16.9 Å². The van der Waals surface area contributed by atoms with Crippen LogP contribution in [-0.2, 0) is 46.4 Å². The van der Waals surface area contributed by atoms with Gasteiger partial charge in [-0.15, -0.1) is 0 Å². The van der Waals surface area contributed by atoms with Crippen molar-refractivity contribution in [3.8, 4) is 5.75 Å². The average molecular weight is 773 g/mol. The Morgan fingerprint density at radius 3 is 2.23 bits per heavy atom. The number of hydrogen-bond donors (Lipinski definition) is 9. The predicted molar refractivity (Wildman–Crippen MR) is 202 cm³/mol.